The maximum absolute atomic E-state index is 3.75. The second-order valence-corrected chi connectivity index (χ2v) is 5.94. The van der Waals surface area contributed by atoms with Crippen molar-refractivity contribution in [2.24, 2.45) is 0 Å². The Balaban J connectivity index is 2.03. The minimum Gasteiger partial charge on any atom is -0.373 e. The number of benzene rings is 1. The van der Waals surface area contributed by atoms with E-state index in [0.29, 0.717) is 5.54 Å². The molecule has 106 valence electrons. The Morgan fingerprint density at radius 2 is 1.95 bits per heavy atom. The molecule has 0 aromatic heterocycles. The summed E-state index contributed by atoms with van der Waals surface area (Å²) in [4.78, 5) is 2.41. The number of likely N-dealkylation sites (N-methyl/N-ethyl adjacent to an activating group) is 1. The lowest BCUT2D eigenvalue weighted by atomic mass is 9.91. The second-order valence-electron chi connectivity index (χ2n) is 5.94. The van der Waals surface area contributed by atoms with Gasteiger partial charge in [0.25, 0.3) is 0 Å². The van der Waals surface area contributed by atoms with Gasteiger partial charge in [0.05, 0.1) is 0 Å². The van der Waals surface area contributed by atoms with E-state index in [-0.39, 0.29) is 0 Å². The first-order valence-electron chi connectivity index (χ1n) is 7.74. The summed E-state index contributed by atoms with van der Waals surface area (Å²) in [7, 11) is 2.22. The van der Waals surface area contributed by atoms with E-state index in [1.54, 1.807) is 0 Å². The van der Waals surface area contributed by atoms with Gasteiger partial charge < -0.3 is 10.2 Å². The summed E-state index contributed by atoms with van der Waals surface area (Å²) in [5.41, 5.74) is 3.09. The van der Waals surface area contributed by atoms with Crippen molar-refractivity contribution in [2.75, 3.05) is 25.0 Å². The van der Waals surface area contributed by atoms with Crippen LogP contribution in [0.25, 0.3) is 0 Å². The first-order valence-corrected chi connectivity index (χ1v) is 7.74. The SMILES string of the molecule is CCCC1(CN(C)c2ccc(CC)cc2)CCCN1. The number of nitrogens with one attached hydrogen (secondary N) is 1. The van der Waals surface area contributed by atoms with Crippen LogP contribution in [0.4, 0.5) is 5.69 Å². The van der Waals surface area contributed by atoms with E-state index >= 15 is 0 Å². The number of hydrogen-bond acceptors (Lipinski definition) is 2. The van der Waals surface area contributed by atoms with E-state index in [1.807, 2.05) is 0 Å². The molecule has 2 rings (SSSR count). The molecule has 2 nitrogen and oxygen atoms in total. The molecule has 1 unspecified atom stereocenters. The van der Waals surface area contributed by atoms with Crippen LogP contribution in [0.15, 0.2) is 24.3 Å². The zero-order valence-corrected chi connectivity index (χ0v) is 12.7. The molecule has 19 heavy (non-hydrogen) atoms. The molecule has 1 fully saturated rings. The monoisotopic (exact) mass is 260 g/mol. The van der Waals surface area contributed by atoms with Gasteiger partial charge in [-0.3, -0.25) is 0 Å². The van der Waals surface area contributed by atoms with Crippen molar-refractivity contribution in [3.05, 3.63) is 29.8 Å². The molecule has 0 spiro atoms. The summed E-state index contributed by atoms with van der Waals surface area (Å²) >= 11 is 0. The molecular formula is C17H28N2. The Bertz CT molecular complexity index is 377. The number of hydrogen-bond donors (Lipinski definition) is 1. The van der Waals surface area contributed by atoms with Gasteiger partial charge in [0.1, 0.15) is 0 Å². The van der Waals surface area contributed by atoms with Crippen molar-refractivity contribution in [1.82, 2.24) is 5.32 Å². The molecule has 0 bridgehead atoms. The zero-order valence-electron chi connectivity index (χ0n) is 12.7. The van der Waals surface area contributed by atoms with E-state index in [4.69, 9.17) is 0 Å². The first kappa shape index (κ1) is 14.4. The molecule has 0 amide bonds. The van der Waals surface area contributed by atoms with Crippen LogP contribution in [0.5, 0.6) is 0 Å². The van der Waals surface area contributed by atoms with Crippen LogP contribution in [0.3, 0.4) is 0 Å². The molecule has 1 atom stereocenters. The minimum atomic E-state index is 0.340. The van der Waals surface area contributed by atoms with Crippen LogP contribution in [-0.4, -0.2) is 25.7 Å². The Morgan fingerprint density at radius 3 is 2.47 bits per heavy atom. The summed E-state index contributed by atoms with van der Waals surface area (Å²) in [6, 6.07) is 9.02. The third-order valence-electron chi connectivity index (χ3n) is 4.39. The topological polar surface area (TPSA) is 15.3 Å². The third kappa shape index (κ3) is 3.50. The molecule has 0 aliphatic carbocycles. The van der Waals surface area contributed by atoms with E-state index in [9.17, 15) is 0 Å². The van der Waals surface area contributed by atoms with Gasteiger partial charge in [0, 0.05) is 24.8 Å². The predicted octanol–water partition coefficient (Wildman–Crippen LogP) is 3.61. The Labute approximate surface area is 118 Å². The smallest absolute Gasteiger partial charge is 0.0364 e. The van der Waals surface area contributed by atoms with Crippen LogP contribution in [-0.2, 0) is 6.42 Å². The van der Waals surface area contributed by atoms with Gasteiger partial charge in [-0.1, -0.05) is 32.4 Å². The lowest BCUT2D eigenvalue weighted by molar-refractivity contribution is 0.349. The Morgan fingerprint density at radius 1 is 1.21 bits per heavy atom. The summed E-state index contributed by atoms with van der Waals surface area (Å²) in [6.45, 7) is 6.80. The van der Waals surface area contributed by atoms with Gasteiger partial charge in [-0.05, 0) is 49.9 Å². The standard InChI is InChI=1S/C17H28N2/c1-4-11-17(12-6-13-18-17)14-19(3)16-9-7-15(5-2)8-10-16/h7-10,18H,4-6,11-14H2,1-3H3. The Kier molecular flexibility index (Phi) is 4.87. The molecule has 1 aromatic rings. The van der Waals surface area contributed by atoms with E-state index < -0.39 is 0 Å². The van der Waals surface area contributed by atoms with Gasteiger partial charge in [0.15, 0.2) is 0 Å². The maximum atomic E-state index is 3.75. The molecule has 2 heteroatoms. The van der Waals surface area contributed by atoms with Crippen molar-refractivity contribution in [3.63, 3.8) is 0 Å². The molecule has 1 aromatic carbocycles. The molecule has 1 N–H and O–H groups in total. The Hall–Kier alpha value is -1.02. The van der Waals surface area contributed by atoms with Crippen molar-refractivity contribution in [2.45, 2.75) is 51.5 Å². The van der Waals surface area contributed by atoms with Gasteiger partial charge in [0.2, 0.25) is 0 Å². The molecule has 1 aliphatic rings. The average Bonchev–Trinajstić information content (AvgIpc) is 2.87. The molecular weight excluding hydrogens is 232 g/mol. The molecule has 1 aliphatic heterocycles. The highest BCUT2D eigenvalue weighted by atomic mass is 15.2. The van der Waals surface area contributed by atoms with E-state index in [1.165, 1.54) is 43.5 Å². The number of anilines is 1. The third-order valence-corrected chi connectivity index (χ3v) is 4.39. The number of rotatable bonds is 6. The van der Waals surface area contributed by atoms with Gasteiger partial charge in [-0.2, -0.15) is 0 Å². The quantitative estimate of drug-likeness (QED) is 0.840. The molecule has 1 heterocycles. The maximum Gasteiger partial charge on any atom is 0.0364 e. The highest BCUT2D eigenvalue weighted by Crippen LogP contribution is 2.27. The zero-order chi connectivity index (χ0) is 13.7. The molecule has 0 radical (unpaired) electrons. The normalized spacial score (nSPS) is 22.7. The van der Waals surface area contributed by atoms with Gasteiger partial charge in [-0.15, -0.1) is 0 Å². The van der Waals surface area contributed by atoms with Gasteiger partial charge in [-0.25, -0.2) is 0 Å². The van der Waals surface area contributed by atoms with Crippen molar-refractivity contribution >= 4 is 5.69 Å². The fraction of sp³-hybridized carbons (Fsp3) is 0.647. The summed E-state index contributed by atoms with van der Waals surface area (Å²) in [5.74, 6) is 0. The minimum absolute atomic E-state index is 0.340. The lowest BCUT2D eigenvalue weighted by Gasteiger charge is -2.35. The van der Waals surface area contributed by atoms with Gasteiger partial charge >= 0.3 is 0 Å². The van der Waals surface area contributed by atoms with Crippen LogP contribution < -0.4 is 10.2 Å². The summed E-state index contributed by atoms with van der Waals surface area (Å²) < 4.78 is 0. The number of nitrogens with zero attached hydrogens (tertiary/aromatic N) is 1. The van der Waals surface area contributed by atoms with E-state index in [0.717, 1.165) is 13.0 Å². The average molecular weight is 260 g/mol. The number of aryl methyl sites for hydroxylation is 1. The predicted molar refractivity (Wildman–Crippen MR) is 84.0 cm³/mol. The van der Waals surface area contributed by atoms with Crippen molar-refractivity contribution < 1.29 is 0 Å². The van der Waals surface area contributed by atoms with Crippen LogP contribution in [0.1, 0.15) is 45.1 Å². The molecule has 1 saturated heterocycles. The highest BCUT2D eigenvalue weighted by Gasteiger charge is 2.33. The molecule has 0 saturated carbocycles. The van der Waals surface area contributed by atoms with Crippen molar-refractivity contribution in [1.29, 1.82) is 0 Å². The summed E-state index contributed by atoms with van der Waals surface area (Å²) in [6.07, 6.45) is 6.30. The van der Waals surface area contributed by atoms with E-state index in [2.05, 4.69) is 55.4 Å². The fourth-order valence-corrected chi connectivity index (χ4v) is 3.31. The van der Waals surface area contributed by atoms with Crippen LogP contribution in [0.2, 0.25) is 0 Å². The second kappa shape index (κ2) is 6.42. The van der Waals surface area contributed by atoms with Crippen molar-refractivity contribution in [3.8, 4) is 0 Å². The fourth-order valence-electron chi connectivity index (χ4n) is 3.31. The summed E-state index contributed by atoms with van der Waals surface area (Å²) in [5, 5.41) is 3.75. The largest absolute Gasteiger partial charge is 0.373 e. The highest BCUT2D eigenvalue weighted by molar-refractivity contribution is 5.47. The van der Waals surface area contributed by atoms with Crippen LogP contribution in [0, 0.1) is 0 Å². The first-order chi connectivity index (χ1) is 9.19. The van der Waals surface area contributed by atoms with Crippen LogP contribution >= 0.6 is 0 Å². The lowest BCUT2D eigenvalue weighted by Crippen LogP contribution is -2.49.